The van der Waals surface area contributed by atoms with Crippen molar-refractivity contribution in [3.05, 3.63) is 52.4 Å². The first-order valence-electron chi connectivity index (χ1n) is 7.06. The zero-order chi connectivity index (χ0) is 15.9. The predicted octanol–water partition coefficient (Wildman–Crippen LogP) is 2.97. The summed E-state index contributed by atoms with van der Waals surface area (Å²) in [6.07, 6.45) is 0.703. The topological polar surface area (TPSA) is 63.2 Å². The number of benzene rings is 1. The predicted molar refractivity (Wildman–Crippen MR) is 86.4 cm³/mol. The minimum absolute atomic E-state index is 0.125. The number of amides is 1. The van der Waals surface area contributed by atoms with Gasteiger partial charge in [-0.3, -0.25) is 4.79 Å². The molecule has 1 amide bonds. The van der Waals surface area contributed by atoms with Crippen molar-refractivity contribution in [2.75, 3.05) is 0 Å². The molecular formula is C16H17NO3S2. The monoisotopic (exact) mass is 335 g/mol. The van der Waals surface area contributed by atoms with Crippen LogP contribution in [0.3, 0.4) is 0 Å². The van der Waals surface area contributed by atoms with Crippen LogP contribution >= 0.6 is 11.3 Å². The number of carbonyl (C=O) groups is 1. The molecule has 4 nitrogen and oxygen atoms in total. The summed E-state index contributed by atoms with van der Waals surface area (Å²) in [6, 6.07) is 11.3. The average molecular weight is 335 g/mol. The standard InChI is InChI=1S/C16H17NO3S2/c1-10-4-3-5-12(8-10)13-9-14(13)16(18)17-22(19,20)15-7-6-11(2)21-15/h3-8,13-14H,9H2,1-2H3,(H,17,18). The summed E-state index contributed by atoms with van der Waals surface area (Å²) in [4.78, 5) is 13.1. The van der Waals surface area contributed by atoms with Crippen LogP contribution in [0.25, 0.3) is 0 Å². The molecule has 116 valence electrons. The first kappa shape index (κ1) is 15.2. The molecule has 2 aromatic rings. The van der Waals surface area contributed by atoms with E-state index in [-0.39, 0.29) is 16.0 Å². The lowest BCUT2D eigenvalue weighted by atomic mass is 10.1. The maximum Gasteiger partial charge on any atom is 0.273 e. The molecule has 2 unspecified atom stereocenters. The highest BCUT2D eigenvalue weighted by atomic mass is 32.2. The van der Waals surface area contributed by atoms with Gasteiger partial charge in [0.25, 0.3) is 10.0 Å². The van der Waals surface area contributed by atoms with Crippen molar-refractivity contribution in [1.29, 1.82) is 0 Å². The molecule has 22 heavy (non-hydrogen) atoms. The molecule has 1 heterocycles. The third kappa shape index (κ3) is 3.08. The summed E-state index contributed by atoms with van der Waals surface area (Å²) in [5.74, 6) is -0.532. The second-order valence-electron chi connectivity index (χ2n) is 5.70. The zero-order valence-electron chi connectivity index (χ0n) is 12.4. The fraction of sp³-hybridized carbons (Fsp3) is 0.312. The molecule has 3 rings (SSSR count). The van der Waals surface area contributed by atoms with E-state index in [0.717, 1.165) is 16.0 Å². The number of sulfonamides is 1. The zero-order valence-corrected chi connectivity index (χ0v) is 14.0. The Morgan fingerprint density at radius 2 is 2.00 bits per heavy atom. The van der Waals surface area contributed by atoms with E-state index < -0.39 is 15.9 Å². The van der Waals surface area contributed by atoms with Gasteiger partial charge in [-0.05, 0) is 43.9 Å². The summed E-state index contributed by atoms with van der Waals surface area (Å²) in [7, 11) is -3.74. The maximum atomic E-state index is 12.2. The van der Waals surface area contributed by atoms with Crippen molar-refractivity contribution in [1.82, 2.24) is 4.72 Å². The maximum absolute atomic E-state index is 12.2. The van der Waals surface area contributed by atoms with Crippen LogP contribution in [0.1, 0.15) is 28.3 Å². The summed E-state index contributed by atoms with van der Waals surface area (Å²) in [5, 5.41) is 0. The number of carbonyl (C=O) groups excluding carboxylic acids is 1. The van der Waals surface area contributed by atoms with Crippen LogP contribution in [0.2, 0.25) is 0 Å². The van der Waals surface area contributed by atoms with E-state index in [1.807, 2.05) is 32.0 Å². The van der Waals surface area contributed by atoms with E-state index in [0.29, 0.717) is 6.42 Å². The lowest BCUT2D eigenvalue weighted by Crippen LogP contribution is -2.31. The van der Waals surface area contributed by atoms with Crippen molar-refractivity contribution in [2.24, 2.45) is 5.92 Å². The Labute approximate surface area is 134 Å². The summed E-state index contributed by atoms with van der Waals surface area (Å²) in [6.45, 7) is 3.84. The van der Waals surface area contributed by atoms with E-state index in [1.54, 1.807) is 6.07 Å². The smallest absolute Gasteiger partial charge is 0.273 e. The Balaban J connectivity index is 1.69. The van der Waals surface area contributed by atoms with Gasteiger partial charge in [-0.25, -0.2) is 13.1 Å². The largest absolute Gasteiger partial charge is 0.274 e. The van der Waals surface area contributed by atoms with E-state index in [4.69, 9.17) is 0 Å². The molecule has 0 aliphatic heterocycles. The molecule has 0 bridgehead atoms. The normalized spacial score (nSPS) is 20.6. The van der Waals surface area contributed by atoms with Crippen LogP contribution in [0.5, 0.6) is 0 Å². The molecule has 1 aromatic heterocycles. The molecule has 1 saturated carbocycles. The first-order valence-corrected chi connectivity index (χ1v) is 9.36. The number of rotatable bonds is 4. The Bertz CT molecular complexity index is 823. The van der Waals surface area contributed by atoms with Crippen molar-refractivity contribution in [3.63, 3.8) is 0 Å². The van der Waals surface area contributed by atoms with Gasteiger partial charge >= 0.3 is 0 Å². The Morgan fingerprint density at radius 3 is 2.64 bits per heavy atom. The molecule has 0 saturated heterocycles. The Morgan fingerprint density at radius 1 is 1.23 bits per heavy atom. The van der Waals surface area contributed by atoms with Gasteiger partial charge in [0.05, 0.1) is 0 Å². The lowest BCUT2D eigenvalue weighted by molar-refractivity contribution is -0.120. The van der Waals surface area contributed by atoms with Gasteiger partial charge in [0.15, 0.2) is 0 Å². The highest BCUT2D eigenvalue weighted by molar-refractivity contribution is 7.92. The Hall–Kier alpha value is -1.66. The number of hydrogen-bond donors (Lipinski definition) is 1. The average Bonchev–Trinajstić information content (AvgIpc) is 3.13. The molecule has 1 aliphatic carbocycles. The van der Waals surface area contributed by atoms with Crippen molar-refractivity contribution in [2.45, 2.75) is 30.4 Å². The van der Waals surface area contributed by atoms with Crippen LogP contribution in [0.15, 0.2) is 40.6 Å². The van der Waals surface area contributed by atoms with Crippen molar-refractivity contribution >= 4 is 27.3 Å². The molecule has 1 N–H and O–H groups in total. The molecule has 1 fully saturated rings. The fourth-order valence-corrected chi connectivity index (χ4v) is 4.88. The summed E-state index contributed by atoms with van der Waals surface area (Å²) in [5.41, 5.74) is 2.25. The van der Waals surface area contributed by atoms with Gasteiger partial charge in [0, 0.05) is 10.8 Å². The van der Waals surface area contributed by atoms with Gasteiger partial charge in [-0.2, -0.15) is 0 Å². The van der Waals surface area contributed by atoms with Crippen LogP contribution in [0, 0.1) is 19.8 Å². The third-order valence-electron chi connectivity index (χ3n) is 3.81. The number of aryl methyl sites for hydroxylation is 2. The molecular weight excluding hydrogens is 318 g/mol. The summed E-state index contributed by atoms with van der Waals surface area (Å²) < 4.78 is 26.7. The van der Waals surface area contributed by atoms with E-state index in [9.17, 15) is 13.2 Å². The van der Waals surface area contributed by atoms with E-state index in [2.05, 4.69) is 10.8 Å². The van der Waals surface area contributed by atoms with Crippen molar-refractivity contribution < 1.29 is 13.2 Å². The van der Waals surface area contributed by atoms with Gasteiger partial charge in [0.2, 0.25) is 5.91 Å². The van der Waals surface area contributed by atoms with Crippen molar-refractivity contribution in [3.8, 4) is 0 Å². The highest BCUT2D eigenvalue weighted by Crippen LogP contribution is 2.47. The molecule has 0 spiro atoms. The quantitative estimate of drug-likeness (QED) is 0.934. The lowest BCUT2D eigenvalue weighted by Gasteiger charge is -2.05. The van der Waals surface area contributed by atoms with Gasteiger partial charge in [-0.1, -0.05) is 29.8 Å². The number of hydrogen-bond acceptors (Lipinski definition) is 4. The number of thiophene rings is 1. The molecule has 2 atom stereocenters. The van der Waals surface area contributed by atoms with Gasteiger partial charge in [0.1, 0.15) is 4.21 Å². The van der Waals surface area contributed by atoms with Gasteiger partial charge in [-0.15, -0.1) is 11.3 Å². The van der Waals surface area contributed by atoms with E-state index in [1.165, 1.54) is 17.4 Å². The molecule has 1 aliphatic rings. The van der Waals surface area contributed by atoms with Crippen LogP contribution in [-0.4, -0.2) is 14.3 Å². The second-order valence-corrected chi connectivity index (χ2v) is 8.89. The first-order chi connectivity index (χ1) is 10.4. The number of nitrogens with one attached hydrogen (secondary N) is 1. The van der Waals surface area contributed by atoms with Gasteiger partial charge < -0.3 is 0 Å². The fourth-order valence-electron chi connectivity index (χ4n) is 2.57. The SMILES string of the molecule is Cc1cccc(C2CC2C(=O)NS(=O)(=O)c2ccc(C)s2)c1. The minimum Gasteiger partial charge on any atom is -0.274 e. The minimum atomic E-state index is -3.74. The summed E-state index contributed by atoms with van der Waals surface area (Å²) >= 11 is 1.17. The molecule has 1 aromatic carbocycles. The van der Waals surface area contributed by atoms with Crippen LogP contribution < -0.4 is 4.72 Å². The van der Waals surface area contributed by atoms with Crippen LogP contribution in [0.4, 0.5) is 0 Å². The van der Waals surface area contributed by atoms with Crippen LogP contribution in [-0.2, 0) is 14.8 Å². The molecule has 6 heteroatoms. The third-order valence-corrected chi connectivity index (χ3v) is 6.65. The second kappa shape index (κ2) is 5.52. The Kier molecular flexibility index (Phi) is 3.82. The van der Waals surface area contributed by atoms with E-state index >= 15 is 0 Å². The molecule has 0 radical (unpaired) electrons. The highest BCUT2D eigenvalue weighted by Gasteiger charge is 2.45.